The van der Waals surface area contributed by atoms with Gasteiger partial charge in [-0.1, -0.05) is 54.4 Å². The lowest BCUT2D eigenvalue weighted by Crippen LogP contribution is -2.25. The summed E-state index contributed by atoms with van der Waals surface area (Å²) in [5.74, 6) is 5.78. The zero-order valence-electron chi connectivity index (χ0n) is 12.3. The molecule has 0 radical (unpaired) electrons. The van der Waals surface area contributed by atoms with Crippen molar-refractivity contribution in [2.24, 2.45) is 35.5 Å². The Morgan fingerprint density at radius 1 is 1.00 bits per heavy atom. The van der Waals surface area contributed by atoms with Crippen LogP contribution >= 0.6 is 0 Å². The van der Waals surface area contributed by atoms with Crippen molar-refractivity contribution in [1.29, 1.82) is 0 Å². The van der Waals surface area contributed by atoms with Gasteiger partial charge in [0.1, 0.15) is 0 Å². The third kappa shape index (κ3) is 3.50. The summed E-state index contributed by atoms with van der Waals surface area (Å²) in [6.45, 7) is 14.5. The molecule has 1 aliphatic rings. The van der Waals surface area contributed by atoms with Crippen molar-refractivity contribution in [3.8, 4) is 0 Å². The zero-order chi connectivity index (χ0) is 12.3. The molecule has 1 saturated carbocycles. The van der Waals surface area contributed by atoms with E-state index in [1.807, 2.05) is 0 Å². The molecule has 16 heavy (non-hydrogen) atoms. The molecule has 0 N–H and O–H groups in total. The van der Waals surface area contributed by atoms with E-state index in [2.05, 4.69) is 41.5 Å². The molecule has 0 aromatic rings. The van der Waals surface area contributed by atoms with Crippen molar-refractivity contribution in [2.75, 3.05) is 0 Å². The standard InChI is InChI=1S/C16H32/c1-7-15(11(3)4)16(8-2)13(6)10-14-9-12(14)5/h11-16H,7-10H2,1-6H3. The molecule has 0 bridgehead atoms. The Hall–Kier alpha value is 0. The van der Waals surface area contributed by atoms with E-state index >= 15 is 0 Å². The summed E-state index contributed by atoms with van der Waals surface area (Å²) >= 11 is 0. The molecule has 0 aromatic carbocycles. The maximum absolute atomic E-state index is 2.50. The van der Waals surface area contributed by atoms with Crippen molar-refractivity contribution >= 4 is 0 Å². The molecule has 1 aliphatic carbocycles. The Balaban J connectivity index is 2.50. The van der Waals surface area contributed by atoms with Crippen LogP contribution in [0.2, 0.25) is 0 Å². The monoisotopic (exact) mass is 224 g/mol. The molecule has 0 nitrogen and oxygen atoms in total. The van der Waals surface area contributed by atoms with Gasteiger partial charge in [0.2, 0.25) is 0 Å². The fourth-order valence-corrected chi connectivity index (χ4v) is 3.78. The van der Waals surface area contributed by atoms with Crippen LogP contribution in [0.25, 0.3) is 0 Å². The molecule has 0 aromatic heterocycles. The van der Waals surface area contributed by atoms with Gasteiger partial charge in [-0.25, -0.2) is 0 Å². The normalized spacial score (nSPS) is 30.2. The van der Waals surface area contributed by atoms with Crippen LogP contribution in [0, 0.1) is 35.5 Å². The van der Waals surface area contributed by atoms with Gasteiger partial charge >= 0.3 is 0 Å². The molecule has 0 heterocycles. The minimum Gasteiger partial charge on any atom is -0.0651 e. The first kappa shape index (κ1) is 14.1. The Morgan fingerprint density at radius 3 is 1.81 bits per heavy atom. The summed E-state index contributed by atoms with van der Waals surface area (Å²) in [7, 11) is 0. The predicted octanol–water partition coefficient (Wildman–Crippen LogP) is 5.38. The highest BCUT2D eigenvalue weighted by Gasteiger charge is 2.36. The van der Waals surface area contributed by atoms with Crippen LogP contribution in [-0.4, -0.2) is 0 Å². The molecule has 0 aliphatic heterocycles. The van der Waals surface area contributed by atoms with Crippen LogP contribution < -0.4 is 0 Å². The fraction of sp³-hybridized carbons (Fsp3) is 1.00. The highest BCUT2D eigenvalue weighted by Crippen LogP contribution is 2.45. The topological polar surface area (TPSA) is 0 Å². The molecule has 5 unspecified atom stereocenters. The van der Waals surface area contributed by atoms with E-state index in [9.17, 15) is 0 Å². The van der Waals surface area contributed by atoms with Crippen molar-refractivity contribution in [1.82, 2.24) is 0 Å². The third-order valence-corrected chi connectivity index (χ3v) is 5.03. The number of rotatable bonds is 7. The van der Waals surface area contributed by atoms with Gasteiger partial charge < -0.3 is 0 Å². The van der Waals surface area contributed by atoms with Crippen molar-refractivity contribution < 1.29 is 0 Å². The molecule has 5 atom stereocenters. The highest BCUT2D eigenvalue weighted by atomic mass is 14.4. The molecule has 96 valence electrons. The molecule has 0 heteroatoms. The molecule has 0 saturated heterocycles. The average Bonchev–Trinajstić information content (AvgIpc) is 2.89. The maximum atomic E-state index is 2.50. The number of hydrogen-bond acceptors (Lipinski definition) is 0. The molecule has 1 rings (SSSR count). The molecular weight excluding hydrogens is 192 g/mol. The highest BCUT2D eigenvalue weighted by molar-refractivity contribution is 4.86. The van der Waals surface area contributed by atoms with Crippen LogP contribution in [0.5, 0.6) is 0 Å². The minimum absolute atomic E-state index is 0.856. The van der Waals surface area contributed by atoms with Gasteiger partial charge in [0.15, 0.2) is 0 Å². The van der Waals surface area contributed by atoms with Crippen molar-refractivity contribution in [3.63, 3.8) is 0 Å². The second kappa shape index (κ2) is 6.07. The van der Waals surface area contributed by atoms with Crippen LogP contribution in [0.3, 0.4) is 0 Å². The maximum Gasteiger partial charge on any atom is -0.0360 e. The van der Waals surface area contributed by atoms with E-state index in [4.69, 9.17) is 0 Å². The van der Waals surface area contributed by atoms with E-state index in [1.165, 1.54) is 25.7 Å². The van der Waals surface area contributed by atoms with E-state index < -0.39 is 0 Å². The smallest absolute Gasteiger partial charge is 0.0360 e. The largest absolute Gasteiger partial charge is 0.0651 e. The summed E-state index contributed by atoms with van der Waals surface area (Å²) in [5.41, 5.74) is 0. The molecule has 1 fully saturated rings. The van der Waals surface area contributed by atoms with Crippen LogP contribution in [0.4, 0.5) is 0 Å². The van der Waals surface area contributed by atoms with Gasteiger partial charge in [0.05, 0.1) is 0 Å². The van der Waals surface area contributed by atoms with Crippen LogP contribution in [0.1, 0.15) is 67.2 Å². The quantitative estimate of drug-likeness (QED) is 0.545. The van der Waals surface area contributed by atoms with E-state index in [1.54, 1.807) is 0 Å². The first-order valence-electron chi connectivity index (χ1n) is 7.51. The average molecular weight is 224 g/mol. The van der Waals surface area contributed by atoms with E-state index in [0.29, 0.717) is 0 Å². The lowest BCUT2D eigenvalue weighted by Gasteiger charge is -2.33. The molecule has 0 spiro atoms. The van der Waals surface area contributed by atoms with Crippen LogP contribution in [0.15, 0.2) is 0 Å². The van der Waals surface area contributed by atoms with E-state index in [-0.39, 0.29) is 0 Å². The minimum atomic E-state index is 0.856. The third-order valence-electron chi connectivity index (χ3n) is 5.03. The summed E-state index contributed by atoms with van der Waals surface area (Å²) in [6, 6.07) is 0. The lowest BCUT2D eigenvalue weighted by atomic mass is 9.72. The summed E-state index contributed by atoms with van der Waals surface area (Å²) in [6.07, 6.45) is 5.72. The molecule has 0 amide bonds. The van der Waals surface area contributed by atoms with Gasteiger partial charge in [-0.05, 0) is 48.3 Å². The van der Waals surface area contributed by atoms with Crippen molar-refractivity contribution in [2.45, 2.75) is 67.2 Å². The second-order valence-corrected chi connectivity index (χ2v) is 6.57. The van der Waals surface area contributed by atoms with E-state index in [0.717, 1.165) is 35.5 Å². The molecular formula is C16H32. The van der Waals surface area contributed by atoms with Gasteiger partial charge in [-0.2, -0.15) is 0 Å². The zero-order valence-corrected chi connectivity index (χ0v) is 12.3. The van der Waals surface area contributed by atoms with Gasteiger partial charge in [0.25, 0.3) is 0 Å². The Morgan fingerprint density at radius 2 is 1.50 bits per heavy atom. The first-order chi connectivity index (χ1) is 7.51. The first-order valence-corrected chi connectivity index (χ1v) is 7.51. The van der Waals surface area contributed by atoms with Crippen molar-refractivity contribution in [3.05, 3.63) is 0 Å². The van der Waals surface area contributed by atoms with Gasteiger partial charge in [-0.15, -0.1) is 0 Å². The van der Waals surface area contributed by atoms with Crippen LogP contribution in [-0.2, 0) is 0 Å². The summed E-state index contributed by atoms with van der Waals surface area (Å²) in [4.78, 5) is 0. The lowest BCUT2D eigenvalue weighted by molar-refractivity contribution is 0.163. The predicted molar refractivity (Wildman–Crippen MR) is 73.5 cm³/mol. The number of hydrogen-bond donors (Lipinski definition) is 0. The second-order valence-electron chi connectivity index (χ2n) is 6.57. The van der Waals surface area contributed by atoms with Gasteiger partial charge in [-0.3, -0.25) is 0 Å². The summed E-state index contributed by atoms with van der Waals surface area (Å²) < 4.78 is 0. The Bertz CT molecular complexity index is 194. The van der Waals surface area contributed by atoms with Gasteiger partial charge in [0, 0.05) is 0 Å². The summed E-state index contributed by atoms with van der Waals surface area (Å²) in [5, 5.41) is 0. The Kier molecular flexibility index (Phi) is 5.34. The fourth-order valence-electron chi connectivity index (χ4n) is 3.78. The SMILES string of the molecule is CCC(C(C)C)C(CC)C(C)CC1CC1C. The Labute approximate surface area is 103 Å².